The van der Waals surface area contributed by atoms with Crippen molar-refractivity contribution in [3.8, 4) is 0 Å². The van der Waals surface area contributed by atoms with Crippen LogP contribution in [-0.4, -0.2) is 41.6 Å². The van der Waals surface area contributed by atoms with Crippen molar-refractivity contribution in [2.75, 3.05) is 26.2 Å². The molecule has 0 atom stereocenters. The van der Waals surface area contributed by atoms with Gasteiger partial charge in [0, 0.05) is 38.4 Å². The Balaban J connectivity index is 2.00. The minimum atomic E-state index is -0.0963. The predicted molar refractivity (Wildman–Crippen MR) is 81.8 cm³/mol. The number of hydrogen-bond acceptors (Lipinski definition) is 3. The van der Waals surface area contributed by atoms with Gasteiger partial charge in [0.05, 0.1) is 0 Å². The van der Waals surface area contributed by atoms with E-state index in [0.717, 1.165) is 44.5 Å². The SMILES string of the molecule is CCCn1c2c(cc(C(=O)N3CCNCC3)c1=O)CCC2. The van der Waals surface area contributed by atoms with Gasteiger partial charge in [-0.05, 0) is 37.3 Å². The fraction of sp³-hybridized carbons (Fsp3) is 0.625. The highest BCUT2D eigenvalue weighted by atomic mass is 16.2. The number of aryl methyl sites for hydroxylation is 1. The van der Waals surface area contributed by atoms with Gasteiger partial charge in [0.25, 0.3) is 11.5 Å². The van der Waals surface area contributed by atoms with Gasteiger partial charge < -0.3 is 14.8 Å². The molecule has 114 valence electrons. The van der Waals surface area contributed by atoms with Gasteiger partial charge in [-0.25, -0.2) is 0 Å². The van der Waals surface area contributed by atoms with Crippen molar-refractivity contribution in [3.63, 3.8) is 0 Å². The van der Waals surface area contributed by atoms with Crippen LogP contribution in [0.2, 0.25) is 0 Å². The van der Waals surface area contributed by atoms with Gasteiger partial charge in [-0.3, -0.25) is 9.59 Å². The first kappa shape index (κ1) is 14.3. The van der Waals surface area contributed by atoms with Crippen LogP contribution in [0.4, 0.5) is 0 Å². The monoisotopic (exact) mass is 289 g/mol. The molecule has 0 spiro atoms. The molecule has 0 bridgehead atoms. The summed E-state index contributed by atoms with van der Waals surface area (Å²) >= 11 is 0. The quantitative estimate of drug-likeness (QED) is 0.895. The van der Waals surface area contributed by atoms with Gasteiger partial charge in [0.1, 0.15) is 5.56 Å². The fourth-order valence-corrected chi connectivity index (χ4v) is 3.37. The smallest absolute Gasteiger partial charge is 0.263 e. The number of rotatable bonds is 3. The lowest BCUT2D eigenvalue weighted by molar-refractivity contribution is 0.0733. The number of pyridine rings is 1. The summed E-state index contributed by atoms with van der Waals surface area (Å²) < 4.78 is 1.85. The third kappa shape index (κ3) is 2.62. The number of fused-ring (bicyclic) bond motifs is 1. The van der Waals surface area contributed by atoms with Gasteiger partial charge >= 0.3 is 0 Å². The van der Waals surface area contributed by atoms with E-state index in [-0.39, 0.29) is 11.5 Å². The Labute approximate surface area is 124 Å². The van der Waals surface area contributed by atoms with Gasteiger partial charge in [-0.2, -0.15) is 0 Å². The van der Waals surface area contributed by atoms with E-state index < -0.39 is 0 Å². The van der Waals surface area contributed by atoms with Crippen LogP contribution in [0.3, 0.4) is 0 Å². The Morgan fingerprint density at radius 2 is 2.05 bits per heavy atom. The molecule has 2 aliphatic rings. The number of hydrogen-bond donors (Lipinski definition) is 1. The zero-order chi connectivity index (χ0) is 14.8. The van der Waals surface area contributed by atoms with Crippen LogP contribution in [0.15, 0.2) is 10.9 Å². The van der Waals surface area contributed by atoms with E-state index >= 15 is 0 Å². The molecular weight excluding hydrogens is 266 g/mol. The Hall–Kier alpha value is -1.62. The molecule has 5 nitrogen and oxygen atoms in total. The highest BCUT2D eigenvalue weighted by Gasteiger charge is 2.25. The van der Waals surface area contributed by atoms with Crippen LogP contribution in [0.25, 0.3) is 0 Å². The van der Waals surface area contributed by atoms with E-state index in [2.05, 4.69) is 12.2 Å². The summed E-state index contributed by atoms with van der Waals surface area (Å²) in [5.41, 5.74) is 2.62. The minimum absolute atomic E-state index is 0.0962. The van der Waals surface area contributed by atoms with Gasteiger partial charge in [0.15, 0.2) is 0 Å². The van der Waals surface area contributed by atoms with Gasteiger partial charge in [-0.15, -0.1) is 0 Å². The molecule has 5 heteroatoms. The second kappa shape index (κ2) is 6.02. The summed E-state index contributed by atoms with van der Waals surface area (Å²) in [5.74, 6) is -0.0962. The number of piperazine rings is 1. The normalized spacial score (nSPS) is 17.9. The predicted octanol–water partition coefficient (Wildman–Crippen LogP) is 0.792. The largest absolute Gasteiger partial charge is 0.336 e. The number of nitrogens with zero attached hydrogens (tertiary/aromatic N) is 2. The Morgan fingerprint density at radius 3 is 2.76 bits per heavy atom. The maximum absolute atomic E-state index is 12.7. The van der Waals surface area contributed by atoms with Crippen molar-refractivity contribution in [3.05, 3.63) is 33.2 Å². The second-order valence-electron chi connectivity index (χ2n) is 5.88. The Bertz CT molecular complexity index is 600. The molecule has 1 aliphatic carbocycles. The van der Waals surface area contributed by atoms with E-state index in [0.29, 0.717) is 25.2 Å². The van der Waals surface area contributed by atoms with E-state index in [1.54, 1.807) is 4.90 Å². The molecule has 1 amide bonds. The maximum atomic E-state index is 12.7. The van der Waals surface area contributed by atoms with Crippen LogP contribution >= 0.6 is 0 Å². The molecule has 0 radical (unpaired) electrons. The lowest BCUT2D eigenvalue weighted by atomic mass is 10.1. The Morgan fingerprint density at radius 1 is 1.29 bits per heavy atom. The first-order valence-corrected chi connectivity index (χ1v) is 7.98. The first-order valence-electron chi connectivity index (χ1n) is 7.98. The molecule has 1 aromatic rings. The van der Waals surface area contributed by atoms with E-state index in [1.807, 2.05) is 10.6 Å². The zero-order valence-electron chi connectivity index (χ0n) is 12.7. The molecule has 1 saturated heterocycles. The molecule has 0 saturated carbocycles. The summed E-state index contributed by atoms with van der Waals surface area (Å²) in [6.07, 6.45) is 3.95. The molecule has 0 aromatic carbocycles. The summed E-state index contributed by atoms with van der Waals surface area (Å²) in [5, 5.41) is 3.23. The van der Waals surface area contributed by atoms with Crippen LogP contribution in [0.5, 0.6) is 0 Å². The molecule has 1 N–H and O–H groups in total. The minimum Gasteiger partial charge on any atom is -0.336 e. The van der Waals surface area contributed by atoms with Crippen LogP contribution < -0.4 is 10.9 Å². The van der Waals surface area contributed by atoms with Crippen LogP contribution in [0.1, 0.15) is 41.4 Å². The second-order valence-corrected chi connectivity index (χ2v) is 5.88. The number of nitrogens with one attached hydrogen (secondary N) is 1. The summed E-state index contributed by atoms with van der Waals surface area (Å²) in [6, 6.07) is 1.86. The standard InChI is InChI=1S/C16H23N3O2/c1-2-8-19-14-5-3-4-12(14)11-13(16(19)21)15(20)18-9-6-17-7-10-18/h11,17H,2-10H2,1H3. The summed E-state index contributed by atoms with van der Waals surface area (Å²) in [6.45, 7) is 5.76. The fourth-order valence-electron chi connectivity index (χ4n) is 3.37. The van der Waals surface area contributed by atoms with Crippen molar-refractivity contribution in [1.82, 2.24) is 14.8 Å². The topological polar surface area (TPSA) is 54.3 Å². The maximum Gasteiger partial charge on any atom is 0.263 e. The van der Waals surface area contributed by atoms with E-state index in [4.69, 9.17) is 0 Å². The molecule has 0 unspecified atom stereocenters. The number of aromatic nitrogens is 1. The average molecular weight is 289 g/mol. The molecule has 3 rings (SSSR count). The Kier molecular flexibility index (Phi) is 4.10. The van der Waals surface area contributed by atoms with Crippen molar-refractivity contribution in [2.45, 2.75) is 39.2 Å². The highest BCUT2D eigenvalue weighted by molar-refractivity contribution is 5.94. The van der Waals surface area contributed by atoms with Gasteiger partial charge in [-0.1, -0.05) is 6.92 Å². The number of amides is 1. The van der Waals surface area contributed by atoms with E-state index in [9.17, 15) is 9.59 Å². The molecule has 2 heterocycles. The highest BCUT2D eigenvalue weighted by Crippen LogP contribution is 2.22. The van der Waals surface area contributed by atoms with E-state index in [1.165, 1.54) is 5.56 Å². The summed E-state index contributed by atoms with van der Waals surface area (Å²) in [7, 11) is 0. The molecule has 21 heavy (non-hydrogen) atoms. The third-order valence-electron chi connectivity index (χ3n) is 4.43. The van der Waals surface area contributed by atoms with Crippen molar-refractivity contribution >= 4 is 5.91 Å². The van der Waals surface area contributed by atoms with Crippen molar-refractivity contribution in [2.24, 2.45) is 0 Å². The first-order chi connectivity index (χ1) is 10.2. The third-order valence-corrected chi connectivity index (χ3v) is 4.43. The van der Waals surface area contributed by atoms with Crippen LogP contribution in [-0.2, 0) is 19.4 Å². The zero-order valence-corrected chi connectivity index (χ0v) is 12.7. The molecule has 1 fully saturated rings. The van der Waals surface area contributed by atoms with Crippen LogP contribution in [0, 0.1) is 0 Å². The lowest BCUT2D eigenvalue weighted by Gasteiger charge is -2.27. The van der Waals surface area contributed by atoms with Crippen molar-refractivity contribution in [1.29, 1.82) is 0 Å². The lowest BCUT2D eigenvalue weighted by Crippen LogP contribution is -2.48. The average Bonchev–Trinajstić information content (AvgIpc) is 2.98. The molecule has 1 aliphatic heterocycles. The van der Waals surface area contributed by atoms with Gasteiger partial charge in [0.2, 0.25) is 0 Å². The molecule has 1 aromatic heterocycles. The number of carbonyl (C=O) groups excluding carboxylic acids is 1. The van der Waals surface area contributed by atoms with Crippen molar-refractivity contribution < 1.29 is 4.79 Å². The molecular formula is C16H23N3O2. The summed E-state index contributed by atoms with van der Waals surface area (Å²) in [4.78, 5) is 27.2. The number of carbonyl (C=O) groups is 1.